The zero-order valence-electron chi connectivity index (χ0n) is 15.6. The van der Waals surface area contributed by atoms with Gasteiger partial charge in [-0.25, -0.2) is 9.67 Å². The Morgan fingerprint density at radius 1 is 1.00 bits per heavy atom. The smallest absolute Gasteiger partial charge is 0.155 e. The number of hydrogen-bond donors (Lipinski definition) is 0. The van der Waals surface area contributed by atoms with Crippen LogP contribution in [-0.4, -0.2) is 33.1 Å². The highest BCUT2D eigenvalue weighted by Gasteiger charge is 2.20. The fourth-order valence-electron chi connectivity index (χ4n) is 4.19. The van der Waals surface area contributed by atoms with E-state index in [0.717, 1.165) is 33.7 Å². The van der Waals surface area contributed by atoms with Crippen LogP contribution in [0.2, 0.25) is 0 Å². The number of aliphatic imine (C=N–C) groups is 2. The molecule has 3 aromatic rings. The van der Waals surface area contributed by atoms with Crippen molar-refractivity contribution < 1.29 is 0 Å². The van der Waals surface area contributed by atoms with E-state index in [1.54, 1.807) is 0 Å². The van der Waals surface area contributed by atoms with E-state index in [-0.39, 0.29) is 0 Å². The van der Waals surface area contributed by atoms with Gasteiger partial charge in [-0.05, 0) is 37.5 Å². The van der Waals surface area contributed by atoms with Crippen LogP contribution >= 0.6 is 0 Å². The maximum atomic E-state index is 4.80. The summed E-state index contributed by atoms with van der Waals surface area (Å²) in [5.41, 5.74) is 6.48. The zero-order valence-corrected chi connectivity index (χ0v) is 15.6. The minimum Gasteiger partial charge on any atom is -0.260 e. The van der Waals surface area contributed by atoms with Crippen LogP contribution in [0, 0.1) is 6.92 Å². The van der Waals surface area contributed by atoms with Crippen molar-refractivity contribution in [3.63, 3.8) is 0 Å². The van der Waals surface area contributed by atoms with Crippen molar-refractivity contribution in [1.29, 1.82) is 0 Å². The van der Waals surface area contributed by atoms with Crippen molar-refractivity contribution >= 4 is 22.6 Å². The van der Waals surface area contributed by atoms with Crippen molar-refractivity contribution in [2.45, 2.75) is 45.1 Å². The largest absolute Gasteiger partial charge is 0.260 e. The Hall–Kier alpha value is -2.82. The lowest BCUT2D eigenvalue weighted by Crippen LogP contribution is -2.14. The second-order valence-electron chi connectivity index (χ2n) is 7.54. The van der Waals surface area contributed by atoms with Gasteiger partial charge in [-0.15, -0.1) is 5.10 Å². The van der Waals surface area contributed by atoms with Gasteiger partial charge in [-0.3, -0.25) is 4.99 Å². The molecule has 0 amide bonds. The van der Waals surface area contributed by atoms with Crippen LogP contribution < -0.4 is 0 Å². The normalized spacial score (nSPS) is 18.0. The molecule has 0 spiro atoms. The van der Waals surface area contributed by atoms with Crippen molar-refractivity contribution in [1.82, 2.24) is 15.0 Å². The lowest BCUT2D eigenvalue weighted by Gasteiger charge is -2.21. The number of aromatic nitrogens is 3. The fourth-order valence-corrected chi connectivity index (χ4v) is 4.19. The second-order valence-corrected chi connectivity index (χ2v) is 7.54. The van der Waals surface area contributed by atoms with Gasteiger partial charge in [0.1, 0.15) is 5.52 Å². The van der Waals surface area contributed by atoms with Crippen LogP contribution in [0.25, 0.3) is 11.0 Å². The van der Waals surface area contributed by atoms with Crippen molar-refractivity contribution in [2.24, 2.45) is 9.98 Å². The average Bonchev–Trinajstić information content (AvgIpc) is 3.36. The van der Waals surface area contributed by atoms with E-state index in [1.807, 2.05) is 12.1 Å². The quantitative estimate of drug-likeness (QED) is 0.693. The van der Waals surface area contributed by atoms with E-state index in [9.17, 15) is 0 Å². The number of nitrogens with zero attached hydrogens (tertiary/aromatic N) is 5. The number of fused-ring (bicyclic) bond motifs is 1. The second kappa shape index (κ2) is 6.72. The third-order valence-corrected chi connectivity index (χ3v) is 5.73. The number of benzene rings is 2. The maximum absolute atomic E-state index is 4.80. The molecular weight excluding hydrogens is 334 g/mol. The molecule has 5 rings (SSSR count). The molecule has 0 radical (unpaired) electrons. The summed E-state index contributed by atoms with van der Waals surface area (Å²) in [6, 6.07) is 15.1. The van der Waals surface area contributed by atoms with E-state index in [0.29, 0.717) is 12.6 Å². The summed E-state index contributed by atoms with van der Waals surface area (Å²) >= 11 is 0. The van der Waals surface area contributed by atoms with Crippen LogP contribution in [0.15, 0.2) is 52.4 Å². The summed E-state index contributed by atoms with van der Waals surface area (Å²) in [7, 11) is 0. The monoisotopic (exact) mass is 357 g/mol. The predicted molar refractivity (Wildman–Crippen MR) is 109 cm³/mol. The first-order valence-electron chi connectivity index (χ1n) is 9.83. The molecule has 0 unspecified atom stereocenters. The minimum atomic E-state index is 0.495. The Morgan fingerprint density at radius 2 is 1.85 bits per heavy atom. The molecule has 5 heteroatoms. The molecule has 0 saturated heterocycles. The maximum Gasteiger partial charge on any atom is 0.155 e. The molecule has 2 heterocycles. The summed E-state index contributed by atoms with van der Waals surface area (Å²) in [5, 5.41) is 8.90. The fraction of sp³-hybridized carbons (Fsp3) is 0.364. The Balaban J connectivity index is 1.45. The molecule has 0 atom stereocenters. The van der Waals surface area contributed by atoms with Crippen LogP contribution in [-0.2, 0) is 0 Å². The molecule has 1 fully saturated rings. The summed E-state index contributed by atoms with van der Waals surface area (Å²) in [5.74, 6) is 0.828. The highest BCUT2D eigenvalue weighted by molar-refractivity contribution is 6.18. The van der Waals surface area contributed by atoms with E-state index < -0.39 is 0 Å². The number of amidine groups is 1. The summed E-state index contributed by atoms with van der Waals surface area (Å²) in [4.78, 5) is 9.46. The van der Waals surface area contributed by atoms with E-state index in [2.05, 4.69) is 57.2 Å². The highest BCUT2D eigenvalue weighted by atomic mass is 15.4. The molecule has 5 nitrogen and oxygen atoms in total. The van der Waals surface area contributed by atoms with Gasteiger partial charge in [0.05, 0.1) is 23.8 Å². The van der Waals surface area contributed by atoms with Gasteiger partial charge in [0, 0.05) is 11.1 Å². The molecule has 0 bridgehead atoms. The highest BCUT2D eigenvalue weighted by Crippen LogP contribution is 2.30. The number of rotatable bonds is 3. The van der Waals surface area contributed by atoms with Gasteiger partial charge in [-0.1, -0.05) is 54.8 Å². The summed E-state index contributed by atoms with van der Waals surface area (Å²) in [6.45, 7) is 2.72. The van der Waals surface area contributed by atoms with Gasteiger partial charge < -0.3 is 0 Å². The molecule has 2 aliphatic rings. The van der Waals surface area contributed by atoms with Gasteiger partial charge in [-0.2, -0.15) is 0 Å². The molecule has 136 valence electrons. The van der Waals surface area contributed by atoms with E-state index >= 15 is 0 Å². The van der Waals surface area contributed by atoms with Crippen LogP contribution in [0.1, 0.15) is 54.8 Å². The average molecular weight is 357 g/mol. The molecule has 2 aromatic carbocycles. The number of aryl methyl sites for hydroxylation is 1. The van der Waals surface area contributed by atoms with Crippen LogP contribution in [0.4, 0.5) is 0 Å². The Labute approximate surface area is 158 Å². The first-order chi connectivity index (χ1) is 13.3. The third kappa shape index (κ3) is 2.97. The summed E-state index contributed by atoms with van der Waals surface area (Å²) in [6.07, 6.45) is 6.34. The van der Waals surface area contributed by atoms with Crippen LogP contribution in [0.3, 0.4) is 0 Å². The lowest BCUT2D eigenvalue weighted by atomic mass is 9.95. The third-order valence-electron chi connectivity index (χ3n) is 5.73. The molecule has 1 aliphatic carbocycles. The first-order valence-corrected chi connectivity index (χ1v) is 9.83. The van der Waals surface area contributed by atoms with Crippen molar-refractivity contribution in [3.8, 4) is 0 Å². The predicted octanol–water partition coefficient (Wildman–Crippen LogP) is 4.49. The van der Waals surface area contributed by atoms with Gasteiger partial charge in [0.2, 0.25) is 0 Å². The molecular formula is C22H23N5. The molecule has 1 saturated carbocycles. The van der Waals surface area contributed by atoms with Gasteiger partial charge >= 0.3 is 0 Å². The zero-order chi connectivity index (χ0) is 18.2. The molecule has 0 N–H and O–H groups in total. The lowest BCUT2D eigenvalue weighted by molar-refractivity contribution is 0.331. The van der Waals surface area contributed by atoms with E-state index in [1.165, 1.54) is 37.7 Å². The number of hydrogen-bond acceptors (Lipinski definition) is 4. The Kier molecular flexibility index (Phi) is 4.07. The summed E-state index contributed by atoms with van der Waals surface area (Å²) < 4.78 is 2.13. The van der Waals surface area contributed by atoms with Crippen molar-refractivity contribution in [3.05, 3.63) is 59.2 Å². The molecule has 27 heavy (non-hydrogen) atoms. The minimum absolute atomic E-state index is 0.495. The SMILES string of the molecule is Cc1ccccc1C1=NCC(c2ccc3c(c2)nnn3C2CCCCC2)=N1. The first kappa shape index (κ1) is 16.4. The van der Waals surface area contributed by atoms with Gasteiger partial charge in [0.15, 0.2) is 5.84 Å². The van der Waals surface area contributed by atoms with Crippen LogP contribution in [0.5, 0.6) is 0 Å². The van der Waals surface area contributed by atoms with Crippen molar-refractivity contribution in [2.75, 3.05) is 6.54 Å². The molecule has 1 aliphatic heterocycles. The molecule has 1 aromatic heterocycles. The van der Waals surface area contributed by atoms with E-state index in [4.69, 9.17) is 4.99 Å². The van der Waals surface area contributed by atoms with Gasteiger partial charge in [0.25, 0.3) is 0 Å². The Morgan fingerprint density at radius 3 is 2.70 bits per heavy atom. The Bertz CT molecular complexity index is 1050. The topological polar surface area (TPSA) is 55.4 Å². The standard InChI is InChI=1S/C22H23N5/c1-15-7-5-6-10-18(15)22-23-14-20(24-22)16-11-12-21-19(13-16)25-26-27(21)17-8-3-2-4-9-17/h5-7,10-13,17H,2-4,8-9,14H2,1H3.